The average molecular weight is 402 g/mol. The van der Waals surface area contributed by atoms with Gasteiger partial charge in [-0.2, -0.15) is 23.4 Å². The molecular weight excluding hydrogens is 385 g/mol. The van der Waals surface area contributed by atoms with Gasteiger partial charge < -0.3 is 5.11 Å². The maximum Gasteiger partial charge on any atom is 0.416 e. The highest BCUT2D eigenvalue weighted by atomic mass is 19.4. The molecule has 1 aromatic heterocycles. The fourth-order valence-corrected chi connectivity index (χ4v) is 2.76. The summed E-state index contributed by atoms with van der Waals surface area (Å²) >= 11 is 0. The van der Waals surface area contributed by atoms with Crippen LogP contribution in [0.15, 0.2) is 59.7 Å². The number of halogens is 3. The minimum atomic E-state index is -4.51. The molecule has 0 aliphatic heterocycles. The number of benzene rings is 2. The Morgan fingerprint density at radius 2 is 1.83 bits per heavy atom. The van der Waals surface area contributed by atoms with Gasteiger partial charge in [-0.05, 0) is 31.2 Å². The van der Waals surface area contributed by atoms with Crippen LogP contribution in [0.5, 0.6) is 5.75 Å². The van der Waals surface area contributed by atoms with Crippen LogP contribution >= 0.6 is 0 Å². The Hall–Kier alpha value is -3.62. The Morgan fingerprint density at radius 1 is 1.14 bits per heavy atom. The molecule has 150 valence electrons. The summed E-state index contributed by atoms with van der Waals surface area (Å²) in [5.41, 5.74) is 2.43. The van der Waals surface area contributed by atoms with Gasteiger partial charge in [-0.1, -0.05) is 30.3 Å². The van der Waals surface area contributed by atoms with E-state index in [4.69, 9.17) is 0 Å². The van der Waals surface area contributed by atoms with Gasteiger partial charge in [0.25, 0.3) is 5.91 Å². The quantitative estimate of drug-likeness (QED) is 0.512. The summed E-state index contributed by atoms with van der Waals surface area (Å²) in [5, 5.41) is 18.6. The van der Waals surface area contributed by atoms with Crippen molar-refractivity contribution in [3.05, 3.63) is 71.4 Å². The Morgan fingerprint density at radius 3 is 2.48 bits per heavy atom. The number of carbonyl (C=O) groups excluding carboxylic acids is 1. The molecule has 3 rings (SSSR count). The van der Waals surface area contributed by atoms with E-state index in [1.165, 1.54) is 30.8 Å². The third-order valence-electron chi connectivity index (χ3n) is 4.19. The minimum absolute atomic E-state index is 0.0493. The second kappa shape index (κ2) is 7.78. The number of hydrogen-bond donors (Lipinski definition) is 2. The predicted molar refractivity (Wildman–Crippen MR) is 101 cm³/mol. The molecule has 29 heavy (non-hydrogen) atoms. The van der Waals surface area contributed by atoms with Crippen LogP contribution in [0.3, 0.4) is 0 Å². The maximum absolute atomic E-state index is 13.0. The number of aromatic hydroxyl groups is 1. The first-order valence-corrected chi connectivity index (χ1v) is 8.52. The maximum atomic E-state index is 13.0. The van der Waals surface area contributed by atoms with Gasteiger partial charge in [-0.25, -0.2) is 5.43 Å². The monoisotopic (exact) mass is 402 g/mol. The summed E-state index contributed by atoms with van der Waals surface area (Å²) in [6.07, 6.45) is -4.51. The molecular formula is C20H17F3N4O2. The fourth-order valence-electron chi connectivity index (χ4n) is 2.76. The average Bonchev–Trinajstić information content (AvgIpc) is 3.00. The number of alkyl halides is 3. The van der Waals surface area contributed by atoms with E-state index in [1.54, 1.807) is 30.3 Å². The number of aryl methyl sites for hydroxylation is 1. The predicted octanol–water partition coefficient (Wildman–Crippen LogP) is 3.97. The Kier molecular flexibility index (Phi) is 5.40. The van der Waals surface area contributed by atoms with E-state index in [-0.39, 0.29) is 28.4 Å². The van der Waals surface area contributed by atoms with Gasteiger partial charge in [-0.15, -0.1) is 0 Å². The second-order valence-electron chi connectivity index (χ2n) is 6.25. The van der Waals surface area contributed by atoms with Crippen molar-refractivity contribution in [1.29, 1.82) is 0 Å². The van der Waals surface area contributed by atoms with Crippen molar-refractivity contribution < 1.29 is 23.1 Å². The topological polar surface area (TPSA) is 79.5 Å². The number of amides is 1. The summed E-state index contributed by atoms with van der Waals surface area (Å²) in [6.45, 7) is 1.52. The summed E-state index contributed by atoms with van der Waals surface area (Å²) in [7, 11) is 1.49. The second-order valence-corrected chi connectivity index (χ2v) is 6.25. The number of hydrazone groups is 1. The highest BCUT2D eigenvalue weighted by Gasteiger charge is 2.31. The van der Waals surface area contributed by atoms with E-state index in [0.717, 1.165) is 12.1 Å². The van der Waals surface area contributed by atoms with E-state index >= 15 is 0 Å². The summed E-state index contributed by atoms with van der Waals surface area (Å²) in [4.78, 5) is 12.1. The van der Waals surface area contributed by atoms with E-state index < -0.39 is 17.6 Å². The molecule has 0 fully saturated rings. The third kappa shape index (κ3) is 4.29. The number of hydrogen-bond acceptors (Lipinski definition) is 4. The van der Waals surface area contributed by atoms with E-state index in [2.05, 4.69) is 15.6 Å². The van der Waals surface area contributed by atoms with Crippen LogP contribution in [0, 0.1) is 0 Å². The molecule has 1 heterocycles. The highest BCUT2D eigenvalue weighted by molar-refractivity contribution is 6.02. The first kappa shape index (κ1) is 20.1. The fraction of sp³-hybridized carbons (Fsp3) is 0.150. The first-order valence-electron chi connectivity index (χ1n) is 8.52. The van der Waals surface area contributed by atoms with Gasteiger partial charge in [0.1, 0.15) is 5.69 Å². The lowest BCUT2D eigenvalue weighted by Crippen LogP contribution is -2.19. The number of aromatic nitrogens is 2. The smallest absolute Gasteiger partial charge is 0.416 e. The zero-order valence-electron chi connectivity index (χ0n) is 15.5. The lowest BCUT2D eigenvalue weighted by Gasteiger charge is -2.09. The number of nitrogens with zero attached hydrogens (tertiary/aromatic N) is 3. The van der Waals surface area contributed by atoms with Crippen LogP contribution in [0.4, 0.5) is 13.2 Å². The zero-order chi connectivity index (χ0) is 21.2. The Balaban J connectivity index is 1.90. The number of nitrogens with one attached hydrogen (secondary N) is 1. The number of rotatable bonds is 4. The summed E-state index contributed by atoms with van der Waals surface area (Å²) < 4.78 is 40.2. The molecule has 6 nitrogen and oxygen atoms in total. The van der Waals surface area contributed by atoms with Crippen LogP contribution in [0.25, 0.3) is 11.3 Å². The Labute approximate surface area is 164 Å². The molecule has 2 N–H and O–H groups in total. The Bertz CT molecular complexity index is 1070. The minimum Gasteiger partial charge on any atom is -0.504 e. The molecule has 0 radical (unpaired) electrons. The van der Waals surface area contributed by atoms with Gasteiger partial charge in [0.15, 0.2) is 11.4 Å². The molecule has 0 aliphatic carbocycles. The molecule has 0 spiro atoms. The molecule has 1 amide bonds. The van der Waals surface area contributed by atoms with Gasteiger partial charge in [0, 0.05) is 18.2 Å². The molecule has 9 heteroatoms. The van der Waals surface area contributed by atoms with Gasteiger partial charge in [-0.3, -0.25) is 9.48 Å². The van der Waals surface area contributed by atoms with Crippen molar-refractivity contribution in [2.75, 3.05) is 0 Å². The van der Waals surface area contributed by atoms with Crippen molar-refractivity contribution in [2.24, 2.45) is 12.1 Å². The van der Waals surface area contributed by atoms with Crippen LogP contribution in [-0.4, -0.2) is 26.5 Å². The molecule has 2 aromatic carbocycles. The van der Waals surface area contributed by atoms with Crippen molar-refractivity contribution in [3.8, 4) is 17.0 Å². The van der Waals surface area contributed by atoms with Gasteiger partial charge in [0.2, 0.25) is 0 Å². The molecule has 0 saturated heterocycles. The summed E-state index contributed by atoms with van der Waals surface area (Å²) in [5.74, 6) is -0.777. The van der Waals surface area contributed by atoms with Crippen LogP contribution in [-0.2, 0) is 13.2 Å². The molecule has 0 aliphatic rings. The SMILES string of the molecule is CC(=NNC(=O)c1ccccc1)c1nn(C)c(-c2cccc(C(F)(F)F)c2)c1O. The lowest BCUT2D eigenvalue weighted by atomic mass is 10.1. The first-order chi connectivity index (χ1) is 13.7. The highest BCUT2D eigenvalue weighted by Crippen LogP contribution is 2.36. The summed E-state index contributed by atoms with van der Waals surface area (Å²) in [6, 6.07) is 13.0. The zero-order valence-corrected chi connectivity index (χ0v) is 15.5. The van der Waals surface area contributed by atoms with Gasteiger partial charge >= 0.3 is 6.18 Å². The normalized spacial score (nSPS) is 12.1. The molecule has 0 unspecified atom stereocenters. The van der Waals surface area contributed by atoms with Crippen molar-refractivity contribution in [2.45, 2.75) is 13.1 Å². The lowest BCUT2D eigenvalue weighted by molar-refractivity contribution is -0.137. The largest absolute Gasteiger partial charge is 0.504 e. The number of carbonyl (C=O) groups is 1. The van der Waals surface area contributed by atoms with Crippen molar-refractivity contribution in [1.82, 2.24) is 15.2 Å². The van der Waals surface area contributed by atoms with Crippen LogP contribution in [0.1, 0.15) is 28.5 Å². The van der Waals surface area contributed by atoms with E-state index in [0.29, 0.717) is 5.56 Å². The van der Waals surface area contributed by atoms with Crippen molar-refractivity contribution in [3.63, 3.8) is 0 Å². The van der Waals surface area contributed by atoms with E-state index in [1.807, 2.05) is 0 Å². The molecule has 0 atom stereocenters. The molecule has 3 aromatic rings. The van der Waals surface area contributed by atoms with E-state index in [9.17, 15) is 23.1 Å². The van der Waals surface area contributed by atoms with Crippen molar-refractivity contribution >= 4 is 11.6 Å². The molecule has 0 saturated carbocycles. The van der Waals surface area contributed by atoms with Gasteiger partial charge in [0.05, 0.1) is 11.3 Å². The van der Waals surface area contributed by atoms with Crippen LogP contribution in [0.2, 0.25) is 0 Å². The van der Waals surface area contributed by atoms with Crippen LogP contribution < -0.4 is 5.43 Å². The molecule has 0 bridgehead atoms. The third-order valence-corrected chi connectivity index (χ3v) is 4.19. The standard InChI is InChI=1S/C20H17F3N4O2/c1-12(24-25-19(29)13-7-4-3-5-8-13)16-18(28)17(27(2)26-16)14-9-6-10-15(11-14)20(21,22)23/h3-11,28H,1-2H3,(H,25,29).